The van der Waals surface area contributed by atoms with Crippen LogP contribution in [0.15, 0.2) is 30.3 Å². The van der Waals surface area contributed by atoms with Gasteiger partial charge < -0.3 is 39.2 Å². The Morgan fingerprint density at radius 1 is 0.841 bits per heavy atom. The van der Waals surface area contributed by atoms with Gasteiger partial charge in [0.2, 0.25) is 5.95 Å². The number of fused-ring (bicyclic) bond motifs is 1. The van der Waals surface area contributed by atoms with E-state index in [9.17, 15) is 9.59 Å². The quantitative estimate of drug-likeness (QED) is 0.405. The molecule has 2 saturated heterocycles. The van der Waals surface area contributed by atoms with E-state index in [0.717, 1.165) is 53.2 Å². The van der Waals surface area contributed by atoms with Crippen molar-refractivity contribution in [3.63, 3.8) is 0 Å². The Morgan fingerprint density at radius 3 is 1.93 bits per heavy atom. The van der Waals surface area contributed by atoms with Crippen LogP contribution in [-0.2, 0) is 16.5 Å². The predicted molar refractivity (Wildman–Crippen MR) is 170 cm³/mol. The van der Waals surface area contributed by atoms with Gasteiger partial charge in [-0.05, 0) is 90.3 Å². The van der Waals surface area contributed by atoms with Gasteiger partial charge in [-0.15, -0.1) is 0 Å². The van der Waals surface area contributed by atoms with E-state index in [2.05, 4.69) is 31.1 Å². The van der Waals surface area contributed by atoms with Crippen LogP contribution in [0, 0.1) is 0 Å². The van der Waals surface area contributed by atoms with Crippen molar-refractivity contribution in [1.29, 1.82) is 0 Å². The molecule has 2 aromatic heterocycles. The summed E-state index contributed by atoms with van der Waals surface area (Å²) in [6, 6.07) is 9.93. The third-order valence-electron chi connectivity index (χ3n) is 7.64. The highest BCUT2D eigenvalue weighted by Crippen LogP contribution is 2.35. The summed E-state index contributed by atoms with van der Waals surface area (Å²) in [5, 5.41) is 6.95. The molecule has 3 aromatic rings. The number of ether oxygens (including phenoxy) is 3. The van der Waals surface area contributed by atoms with Gasteiger partial charge in [-0.1, -0.05) is 0 Å². The number of amides is 2. The highest BCUT2D eigenvalue weighted by atomic mass is 16.6. The Balaban J connectivity index is 1.44. The Labute approximate surface area is 259 Å². The van der Waals surface area contributed by atoms with E-state index < -0.39 is 23.4 Å². The molecule has 2 atom stereocenters. The number of anilines is 2. The van der Waals surface area contributed by atoms with Crippen LogP contribution in [0.4, 0.5) is 21.4 Å². The fraction of sp³-hybridized carbons (Fsp3) is 0.562. The molecule has 5 rings (SSSR count). The summed E-state index contributed by atoms with van der Waals surface area (Å²) in [6.45, 7) is 13.7. The summed E-state index contributed by atoms with van der Waals surface area (Å²) in [4.78, 5) is 39.4. The van der Waals surface area contributed by atoms with Gasteiger partial charge in [0.25, 0.3) is 0 Å². The monoisotopic (exact) mass is 607 g/mol. The summed E-state index contributed by atoms with van der Waals surface area (Å²) >= 11 is 0. The smallest absolute Gasteiger partial charge is 0.407 e. The Hall–Kier alpha value is -4.22. The molecule has 0 aliphatic carbocycles. The second-order valence-electron chi connectivity index (χ2n) is 13.6. The Bertz CT molecular complexity index is 1510. The normalized spacial score (nSPS) is 18.9. The highest BCUT2D eigenvalue weighted by molar-refractivity contribution is 5.94. The lowest BCUT2D eigenvalue weighted by Gasteiger charge is -2.24. The lowest BCUT2D eigenvalue weighted by Crippen LogP contribution is -2.41. The maximum atomic E-state index is 12.5. The molecule has 0 saturated carbocycles. The molecule has 2 amide bonds. The predicted octanol–water partition coefficient (Wildman–Crippen LogP) is 4.85. The second-order valence-corrected chi connectivity index (χ2v) is 13.6. The van der Waals surface area contributed by atoms with Crippen molar-refractivity contribution in [2.45, 2.75) is 77.7 Å². The van der Waals surface area contributed by atoms with Crippen molar-refractivity contribution in [3.8, 4) is 17.0 Å². The van der Waals surface area contributed by atoms with Gasteiger partial charge in [-0.25, -0.2) is 9.59 Å². The van der Waals surface area contributed by atoms with Crippen LogP contribution >= 0.6 is 0 Å². The minimum Gasteiger partial charge on any atom is -0.497 e. The fourth-order valence-corrected chi connectivity index (χ4v) is 5.67. The molecule has 2 N–H and O–H groups in total. The van der Waals surface area contributed by atoms with E-state index in [1.165, 1.54) is 0 Å². The maximum Gasteiger partial charge on any atom is 0.407 e. The van der Waals surface area contributed by atoms with E-state index in [-0.39, 0.29) is 12.1 Å². The molecule has 4 heterocycles. The number of nitrogens with one attached hydrogen (secondary N) is 2. The first-order valence-corrected chi connectivity index (χ1v) is 15.2. The third-order valence-corrected chi connectivity index (χ3v) is 7.64. The van der Waals surface area contributed by atoms with Crippen LogP contribution in [0.3, 0.4) is 0 Å². The van der Waals surface area contributed by atoms with Crippen molar-refractivity contribution in [2.75, 3.05) is 43.1 Å². The number of hydrogen-bond donors (Lipinski definition) is 2. The standard InChI is InChI=1S/C32H45N7O5/c1-31(2,3)43-29(40)33-21-13-15-38(18-21)27-24-17-25(20-9-11-23(42-8)12-10-20)37(7)26(24)35-28(36-27)39-16-14-22(19-39)34-30(41)44-32(4,5)6/h9-12,17,21-22H,13-16,18-19H2,1-8H3,(H,33,40)(H,34,41). The summed E-state index contributed by atoms with van der Waals surface area (Å²) in [5.74, 6) is 2.21. The molecule has 0 bridgehead atoms. The van der Waals surface area contributed by atoms with Gasteiger partial charge in [0.1, 0.15) is 28.4 Å². The van der Waals surface area contributed by atoms with Gasteiger partial charge in [-0.3, -0.25) is 0 Å². The van der Waals surface area contributed by atoms with E-state index in [0.29, 0.717) is 25.6 Å². The minimum atomic E-state index is -0.566. The molecule has 12 heteroatoms. The number of alkyl carbamates (subject to hydrolysis) is 2. The van der Waals surface area contributed by atoms with Crippen molar-refractivity contribution in [3.05, 3.63) is 30.3 Å². The van der Waals surface area contributed by atoms with Crippen LogP contribution in [0.2, 0.25) is 0 Å². The van der Waals surface area contributed by atoms with Crippen LogP contribution in [-0.4, -0.2) is 83.3 Å². The molecule has 0 radical (unpaired) electrons. The molecule has 44 heavy (non-hydrogen) atoms. The summed E-state index contributed by atoms with van der Waals surface area (Å²) < 4.78 is 18.4. The SMILES string of the molecule is COc1ccc(-c2cc3c(N4CCC(NC(=O)OC(C)(C)C)C4)nc(N4CCC(NC(=O)OC(C)(C)C)C4)nc3n2C)cc1. The first kappa shape index (κ1) is 31.2. The third kappa shape index (κ3) is 7.28. The number of aryl methyl sites for hydroxylation is 1. The van der Waals surface area contributed by atoms with Crippen LogP contribution in [0.25, 0.3) is 22.3 Å². The van der Waals surface area contributed by atoms with E-state index in [1.54, 1.807) is 7.11 Å². The van der Waals surface area contributed by atoms with Crippen LogP contribution in [0.1, 0.15) is 54.4 Å². The average molecular weight is 608 g/mol. The van der Waals surface area contributed by atoms with E-state index in [4.69, 9.17) is 24.2 Å². The summed E-state index contributed by atoms with van der Waals surface area (Å²) in [5.41, 5.74) is 1.72. The number of aromatic nitrogens is 3. The number of carbonyl (C=O) groups excluding carboxylic acids is 2. The lowest BCUT2D eigenvalue weighted by atomic mass is 10.1. The molecule has 2 aliphatic rings. The molecular formula is C32H45N7O5. The van der Waals surface area contributed by atoms with Crippen molar-refractivity contribution < 1.29 is 23.8 Å². The molecular weight excluding hydrogens is 562 g/mol. The van der Waals surface area contributed by atoms with Crippen LogP contribution in [0.5, 0.6) is 5.75 Å². The van der Waals surface area contributed by atoms with Gasteiger partial charge >= 0.3 is 12.2 Å². The van der Waals surface area contributed by atoms with Crippen molar-refractivity contribution in [1.82, 2.24) is 25.2 Å². The Kier molecular flexibility index (Phi) is 8.55. The number of benzene rings is 1. The average Bonchev–Trinajstić information content (AvgIpc) is 3.66. The first-order chi connectivity index (χ1) is 20.7. The van der Waals surface area contributed by atoms with Gasteiger partial charge in [0.15, 0.2) is 0 Å². The van der Waals surface area contributed by atoms with Gasteiger partial charge in [-0.2, -0.15) is 9.97 Å². The fourth-order valence-electron chi connectivity index (χ4n) is 5.67. The number of nitrogens with zero attached hydrogens (tertiary/aromatic N) is 5. The number of carbonyl (C=O) groups is 2. The Morgan fingerprint density at radius 2 is 1.39 bits per heavy atom. The van der Waals surface area contributed by atoms with Gasteiger partial charge in [0, 0.05) is 33.2 Å². The first-order valence-electron chi connectivity index (χ1n) is 15.2. The number of rotatable bonds is 6. The van der Waals surface area contributed by atoms with Crippen molar-refractivity contribution in [2.24, 2.45) is 7.05 Å². The maximum absolute atomic E-state index is 12.5. The summed E-state index contributed by atoms with van der Waals surface area (Å²) in [7, 11) is 3.66. The molecule has 2 fully saturated rings. The lowest BCUT2D eigenvalue weighted by molar-refractivity contribution is 0.0497. The molecule has 12 nitrogen and oxygen atoms in total. The van der Waals surface area contributed by atoms with E-state index in [1.807, 2.05) is 72.9 Å². The highest BCUT2D eigenvalue weighted by Gasteiger charge is 2.32. The molecule has 238 valence electrons. The zero-order valence-electron chi connectivity index (χ0n) is 27.1. The zero-order valence-corrected chi connectivity index (χ0v) is 27.1. The number of methoxy groups -OCH3 is 1. The number of hydrogen-bond acceptors (Lipinski definition) is 9. The minimum absolute atomic E-state index is 0.0720. The largest absolute Gasteiger partial charge is 0.497 e. The van der Waals surface area contributed by atoms with E-state index >= 15 is 0 Å². The van der Waals surface area contributed by atoms with Crippen LogP contribution < -0.4 is 25.2 Å². The molecule has 2 unspecified atom stereocenters. The molecule has 0 spiro atoms. The summed E-state index contributed by atoms with van der Waals surface area (Å²) in [6.07, 6.45) is 0.684. The van der Waals surface area contributed by atoms with Crippen molar-refractivity contribution >= 4 is 35.0 Å². The second kappa shape index (κ2) is 12.0. The molecule has 2 aliphatic heterocycles. The topological polar surface area (TPSA) is 123 Å². The molecule has 1 aromatic carbocycles. The van der Waals surface area contributed by atoms with Gasteiger partial charge in [0.05, 0.1) is 30.3 Å². The zero-order chi connectivity index (χ0) is 31.8.